The summed E-state index contributed by atoms with van der Waals surface area (Å²) in [6.45, 7) is 4.04. The van der Waals surface area contributed by atoms with Gasteiger partial charge in [-0.05, 0) is 86.5 Å². The maximum absolute atomic E-state index is 12.7. The van der Waals surface area contributed by atoms with E-state index >= 15 is 0 Å². The van der Waals surface area contributed by atoms with Crippen molar-refractivity contribution in [1.82, 2.24) is 0 Å². The average molecular weight is 1600 g/mol. The first-order chi connectivity index (χ1) is 23.4. The molecule has 23 heteroatoms. The largest absolute Gasteiger partial charge is 0.419 e. The first-order valence-corrected chi connectivity index (χ1v) is 17.2. The van der Waals surface area contributed by atoms with Crippen molar-refractivity contribution in [1.29, 1.82) is 0 Å². The molecule has 0 N–H and O–H groups in total. The van der Waals surface area contributed by atoms with Crippen molar-refractivity contribution in [3.05, 3.63) is 171 Å². The molecule has 0 atom stereocenters. The molecule has 0 spiro atoms. The Balaban J connectivity index is -0.000000109. The van der Waals surface area contributed by atoms with E-state index in [1.165, 1.54) is 30.3 Å². The van der Waals surface area contributed by atoms with Crippen LogP contribution < -0.4 is 0 Å². The molecule has 0 saturated heterocycles. The average Bonchev–Trinajstić information content (AvgIpc) is 2.99. The summed E-state index contributed by atoms with van der Waals surface area (Å²) in [6, 6.07) is 20.3. The predicted molar refractivity (Wildman–Crippen MR) is 194 cm³/mol. The number of hydrogen-bond acceptors (Lipinski definition) is 0. The van der Waals surface area contributed by atoms with Gasteiger partial charge in [-0.15, -0.1) is 0 Å². The SMILES string of the molecule is C.Cc1[c-]c[c-]c(C)c1Br.Fc1c(Br)cccc1C(F)(F)F.Fc1cc(Br)cc(C(F)(F)F)c1.Fc1cc(F)cc(Br)c1.Fc1cccc(Br)c1F.[Y].[Y].[Y].[Y].[Y].[Y]. The van der Waals surface area contributed by atoms with Crippen LogP contribution in [0.25, 0.3) is 0 Å². The smallest absolute Gasteiger partial charge is 0.355 e. The minimum atomic E-state index is -4.63. The van der Waals surface area contributed by atoms with Gasteiger partial charge in [0.25, 0.3) is 0 Å². The van der Waals surface area contributed by atoms with Crippen LogP contribution >= 0.6 is 79.6 Å². The Morgan fingerprint density at radius 3 is 1.17 bits per heavy atom. The molecule has 0 aliphatic heterocycles. The van der Waals surface area contributed by atoms with Crippen LogP contribution in [0.5, 0.6) is 0 Å². The summed E-state index contributed by atoms with van der Waals surface area (Å²) >= 11 is 14.6. The maximum atomic E-state index is 12.7. The molecule has 5 aromatic carbocycles. The van der Waals surface area contributed by atoms with Gasteiger partial charge in [0.05, 0.1) is 20.1 Å². The van der Waals surface area contributed by atoms with Gasteiger partial charge in [-0.25, -0.2) is 46.7 Å². The summed E-state index contributed by atoms with van der Waals surface area (Å²) in [4.78, 5) is 0. The van der Waals surface area contributed by atoms with E-state index in [1.54, 1.807) is 0 Å². The van der Waals surface area contributed by atoms with Crippen LogP contribution in [0.15, 0.2) is 101 Å². The molecule has 0 aliphatic carbocycles. The second-order valence-electron chi connectivity index (χ2n) is 9.38. The van der Waals surface area contributed by atoms with Crippen LogP contribution in [0, 0.1) is 60.9 Å². The standard InChI is InChI=1S/C8H7Br.2C7H3BrF4.2C6H3BrF2.CH4.6Y/c1-6-4-3-5-7(2)8(6)9;8-5-1-4(7(10,11)12)2-6(9)3-5;8-5-3-1-2-4(6(5)9)7(10,11)12;7-4-1-5(8)3-6(9)2-4;7-4-2-1-3-5(8)6(4)9;;;;;;;/h3H,1-2H3;2*1-3H;2*1-3H;1H4;;;;;;/q-2;;;;;;;;;;;. The molecular weight excluding hydrogens is 1580 g/mol. The first kappa shape index (κ1) is 76.5. The minimum Gasteiger partial charge on any atom is -0.355 e. The molecule has 0 nitrogen and oxygen atoms in total. The van der Waals surface area contributed by atoms with Crippen LogP contribution in [0.2, 0.25) is 0 Å². The maximum Gasteiger partial charge on any atom is 0.419 e. The summed E-state index contributed by atoms with van der Waals surface area (Å²) in [5, 5.41) is 0. The zero-order valence-electron chi connectivity index (χ0n) is 28.9. The molecule has 0 unspecified atom stereocenters. The van der Waals surface area contributed by atoms with Gasteiger partial charge >= 0.3 is 12.4 Å². The Hall–Kier alpha value is 4.28. The molecule has 0 heterocycles. The Bertz CT molecular complexity index is 1740. The second kappa shape index (κ2) is 38.3. The van der Waals surface area contributed by atoms with Crippen molar-refractivity contribution < 1.29 is 249 Å². The molecule has 5 aromatic rings. The van der Waals surface area contributed by atoms with Crippen LogP contribution in [-0.4, -0.2) is 0 Å². The summed E-state index contributed by atoms with van der Waals surface area (Å²) in [7, 11) is 0. The van der Waals surface area contributed by atoms with Crippen LogP contribution in [-0.2, 0) is 209 Å². The third-order valence-electron chi connectivity index (χ3n) is 5.41. The van der Waals surface area contributed by atoms with Crippen LogP contribution in [0.4, 0.5) is 52.7 Å². The molecule has 0 amide bonds. The Morgan fingerprint density at radius 1 is 0.483 bits per heavy atom. The van der Waals surface area contributed by atoms with E-state index in [1.807, 2.05) is 19.9 Å². The van der Waals surface area contributed by atoms with Crippen LogP contribution in [0.1, 0.15) is 29.7 Å². The molecule has 0 fully saturated rings. The van der Waals surface area contributed by atoms with Gasteiger partial charge in [0.15, 0.2) is 11.6 Å². The van der Waals surface area contributed by atoms with Gasteiger partial charge in [0.2, 0.25) is 0 Å². The summed E-state index contributed by atoms with van der Waals surface area (Å²) in [5.74, 6) is -4.98. The summed E-state index contributed by atoms with van der Waals surface area (Å²) in [5.41, 5.74) is 0.0451. The van der Waals surface area contributed by atoms with E-state index in [-0.39, 0.29) is 217 Å². The Kier molecular flexibility index (Phi) is 50.5. The Morgan fingerprint density at radius 2 is 0.862 bits per heavy atom. The van der Waals surface area contributed by atoms with E-state index < -0.39 is 58.4 Å². The van der Waals surface area contributed by atoms with Gasteiger partial charge in [0.1, 0.15) is 23.3 Å². The van der Waals surface area contributed by atoms with Gasteiger partial charge < -0.3 is 18.2 Å². The molecule has 58 heavy (non-hydrogen) atoms. The third kappa shape index (κ3) is 31.3. The molecular formula is C35H23Br5F12Y6-2. The van der Waals surface area contributed by atoms with E-state index in [2.05, 4.69) is 91.8 Å². The molecule has 6 radical (unpaired) electrons. The van der Waals surface area contributed by atoms with Crippen molar-refractivity contribution in [2.45, 2.75) is 33.6 Å². The third-order valence-corrected chi connectivity index (χ3v) is 8.74. The number of alkyl halides is 6. The van der Waals surface area contributed by atoms with E-state index in [4.69, 9.17) is 0 Å². The zero-order valence-corrected chi connectivity index (χ0v) is 53.9. The Labute approximate surface area is 522 Å². The van der Waals surface area contributed by atoms with E-state index in [0.29, 0.717) is 16.6 Å². The number of aryl methyl sites for hydroxylation is 2. The summed E-state index contributed by atoms with van der Waals surface area (Å²) < 4.78 is 147. The van der Waals surface area contributed by atoms with E-state index in [0.717, 1.165) is 45.9 Å². The fourth-order valence-corrected chi connectivity index (χ4v) is 4.94. The first-order valence-electron chi connectivity index (χ1n) is 13.2. The predicted octanol–water partition coefficient (Wildman–Crippen LogP) is 16.0. The van der Waals surface area contributed by atoms with Gasteiger partial charge in [0, 0.05) is 211 Å². The van der Waals surface area contributed by atoms with Crippen molar-refractivity contribution in [2.75, 3.05) is 0 Å². The van der Waals surface area contributed by atoms with Gasteiger partial charge in [-0.2, -0.15) is 26.3 Å². The fraction of sp³-hybridized carbons (Fsp3) is 0.143. The number of benzene rings is 5. The van der Waals surface area contributed by atoms with Crippen LogP contribution in [0.3, 0.4) is 0 Å². The molecule has 0 saturated carbocycles. The fourth-order valence-electron chi connectivity index (χ4n) is 3.10. The molecule has 0 aliphatic rings. The molecule has 302 valence electrons. The monoisotopic (exact) mass is 1600 g/mol. The number of hydrogen-bond donors (Lipinski definition) is 0. The molecule has 5 rings (SSSR count). The topological polar surface area (TPSA) is 0 Å². The van der Waals surface area contributed by atoms with Crippen molar-refractivity contribution in [3.8, 4) is 0 Å². The van der Waals surface area contributed by atoms with Crippen molar-refractivity contribution in [3.63, 3.8) is 0 Å². The van der Waals surface area contributed by atoms with Gasteiger partial charge in [-0.1, -0.05) is 65.3 Å². The number of halogens is 17. The van der Waals surface area contributed by atoms with E-state index in [9.17, 15) is 52.7 Å². The molecule has 0 bridgehead atoms. The van der Waals surface area contributed by atoms with Crippen molar-refractivity contribution >= 4 is 79.6 Å². The minimum absolute atomic E-state index is 0. The van der Waals surface area contributed by atoms with Crippen molar-refractivity contribution in [2.24, 2.45) is 0 Å². The summed E-state index contributed by atoms with van der Waals surface area (Å²) in [6.07, 6.45) is -9.13. The second-order valence-corrected chi connectivity index (χ2v) is 13.7. The zero-order chi connectivity index (χ0) is 39.3. The number of rotatable bonds is 0. The quantitative estimate of drug-likeness (QED) is 0.0824. The molecule has 0 aromatic heterocycles. The normalized spacial score (nSPS) is 9.36. The van der Waals surface area contributed by atoms with Gasteiger partial charge in [-0.3, -0.25) is 11.1 Å².